The molecule has 3 aromatic heterocycles. The summed E-state index contributed by atoms with van der Waals surface area (Å²) in [6.45, 7) is 18.6. The van der Waals surface area contributed by atoms with Crippen LogP contribution >= 0.6 is 0 Å². The van der Waals surface area contributed by atoms with Crippen molar-refractivity contribution in [3.05, 3.63) is 144 Å². The van der Waals surface area contributed by atoms with Gasteiger partial charge in [-0.3, -0.25) is 0 Å². The number of rotatable bonds is 6. The second kappa shape index (κ2) is 14.4. The van der Waals surface area contributed by atoms with Crippen LogP contribution in [0.25, 0.3) is 49.4 Å². The molecule has 4 heterocycles. The smallest absolute Gasteiger partial charge is 0.501 e. The predicted molar refractivity (Wildman–Crippen MR) is 216 cm³/mol. The largest absolute Gasteiger partial charge is 3.00 e. The van der Waals surface area contributed by atoms with Gasteiger partial charge in [-0.25, -0.2) is 0 Å². The number of benzene rings is 5. The molecule has 0 amide bonds. The molecule has 0 radical (unpaired) electrons. The van der Waals surface area contributed by atoms with Gasteiger partial charge in [-0.15, -0.1) is 52.5 Å². The van der Waals surface area contributed by atoms with E-state index in [1.54, 1.807) is 0 Å². The number of nitrogens with zero attached hydrogens (tertiary/aromatic N) is 4. The van der Waals surface area contributed by atoms with Gasteiger partial charge in [0.25, 0.3) is 0 Å². The number of hydrogen-bond acceptors (Lipinski definition) is 3. The monoisotopic (exact) mass is 858 g/mol. The first-order valence-electron chi connectivity index (χ1n) is 18.2. The third kappa shape index (κ3) is 6.46. The average molecular weight is 858 g/mol. The van der Waals surface area contributed by atoms with E-state index in [1.807, 2.05) is 12.3 Å². The van der Waals surface area contributed by atoms with E-state index in [9.17, 15) is 0 Å². The van der Waals surface area contributed by atoms with Gasteiger partial charge in [-0.05, 0) is 85.1 Å². The van der Waals surface area contributed by atoms with Crippen LogP contribution in [0.2, 0.25) is 0 Å². The van der Waals surface area contributed by atoms with Crippen LogP contribution in [0.3, 0.4) is 0 Å². The number of anilines is 3. The average Bonchev–Trinajstić information content (AvgIpc) is 3.76. The van der Waals surface area contributed by atoms with Gasteiger partial charge in [0.15, 0.2) is 0 Å². The summed E-state index contributed by atoms with van der Waals surface area (Å²) in [4.78, 5) is 9.09. The first-order valence-corrected chi connectivity index (χ1v) is 18.2. The minimum atomic E-state index is 0. The molecule has 1 aliphatic heterocycles. The number of pyridine rings is 1. The summed E-state index contributed by atoms with van der Waals surface area (Å²) in [5, 5.41) is 5.34. The fraction of sp³-hybridized carbons (Fsp3) is 0.234. The van der Waals surface area contributed by atoms with Gasteiger partial charge in [0.1, 0.15) is 0 Å². The van der Waals surface area contributed by atoms with Crippen molar-refractivity contribution in [2.75, 3.05) is 16.3 Å². The zero-order valence-corrected chi connectivity index (χ0v) is 33.5. The van der Waals surface area contributed by atoms with E-state index in [4.69, 9.17) is 0 Å². The summed E-state index contributed by atoms with van der Waals surface area (Å²) in [5.74, 6) is 1.20. The Morgan fingerprint density at radius 2 is 1.42 bits per heavy atom. The normalized spacial score (nSPS) is 12.7. The van der Waals surface area contributed by atoms with Gasteiger partial charge in [0.2, 0.25) is 0 Å². The Morgan fingerprint density at radius 1 is 0.692 bits per heavy atom. The van der Waals surface area contributed by atoms with E-state index < -0.39 is 0 Å². The van der Waals surface area contributed by atoms with E-state index in [1.165, 1.54) is 71.7 Å². The maximum Gasteiger partial charge on any atom is 3.00 e. The standard InChI is InChI=1S/C33H31N3.C14H14N.Ir/c1-21(2)15-23-16-27-25-9-5-6-10-29(25)36-30-14-13-24(18-26(30)28(17-23)33(27)36)35-20-34(19-22(3)4)31-11-7-8-12-32(31)35;1-10-4-6-13(7-5-10)14-8-11(2)12(3)9-15-14;/h5-12,14,16-18,20-22H,15,19H2,1-4H3;4-6,8-9H,1-3H3;/q-2;-1;+3. The van der Waals surface area contributed by atoms with Crippen molar-refractivity contribution in [1.29, 1.82) is 0 Å². The zero-order chi connectivity index (χ0) is 35.4. The van der Waals surface area contributed by atoms with Crippen LogP contribution in [-0.4, -0.2) is 15.9 Å². The molecule has 0 spiro atoms. The predicted octanol–water partition coefficient (Wildman–Crippen LogP) is 12.0. The number of aromatic nitrogens is 2. The van der Waals surface area contributed by atoms with Crippen LogP contribution in [0.15, 0.2) is 103 Å². The van der Waals surface area contributed by atoms with Crippen molar-refractivity contribution in [2.45, 2.75) is 54.9 Å². The molecule has 262 valence electrons. The third-order valence-corrected chi connectivity index (χ3v) is 10.1. The second-order valence-corrected chi connectivity index (χ2v) is 15.1. The number of para-hydroxylation sites is 3. The number of fused-ring (bicyclic) bond motifs is 7. The molecule has 5 heteroatoms. The van der Waals surface area contributed by atoms with Crippen LogP contribution in [0.5, 0.6) is 0 Å². The van der Waals surface area contributed by atoms with E-state index in [0.717, 1.165) is 29.9 Å². The maximum absolute atomic E-state index is 4.41. The molecule has 0 N–H and O–H groups in total. The Kier molecular flexibility index (Phi) is 9.87. The van der Waals surface area contributed by atoms with Gasteiger partial charge in [0, 0.05) is 39.4 Å². The van der Waals surface area contributed by atoms with Crippen LogP contribution in [0, 0.1) is 51.4 Å². The van der Waals surface area contributed by atoms with E-state index in [-0.39, 0.29) is 20.1 Å². The Balaban J connectivity index is 0.000000222. The zero-order valence-electron chi connectivity index (χ0n) is 31.1. The van der Waals surface area contributed by atoms with E-state index in [0.29, 0.717) is 11.8 Å². The molecular weight excluding hydrogens is 813 g/mol. The fourth-order valence-corrected chi connectivity index (χ4v) is 7.55. The topological polar surface area (TPSA) is 23.8 Å². The first kappa shape index (κ1) is 35.7. The van der Waals surface area contributed by atoms with Crippen LogP contribution in [-0.2, 0) is 26.5 Å². The van der Waals surface area contributed by atoms with Gasteiger partial charge in [0.05, 0.1) is 0 Å². The fourth-order valence-electron chi connectivity index (χ4n) is 7.55. The molecule has 0 fully saturated rings. The number of aryl methyl sites for hydroxylation is 3. The van der Waals surface area contributed by atoms with Crippen molar-refractivity contribution in [3.63, 3.8) is 0 Å². The summed E-state index contributed by atoms with van der Waals surface area (Å²) in [7, 11) is 0. The van der Waals surface area contributed by atoms with Crippen LogP contribution in [0.4, 0.5) is 17.1 Å². The molecule has 5 aromatic carbocycles. The van der Waals surface area contributed by atoms with Crippen molar-refractivity contribution in [1.82, 2.24) is 9.38 Å². The molecule has 0 atom stereocenters. The summed E-state index contributed by atoms with van der Waals surface area (Å²) >= 11 is 0. The molecule has 0 saturated carbocycles. The molecule has 8 aromatic rings. The van der Waals surface area contributed by atoms with Gasteiger partial charge in [-0.2, -0.15) is 18.8 Å². The van der Waals surface area contributed by atoms with Gasteiger partial charge >= 0.3 is 20.1 Å². The Hall–Kier alpha value is -4.70. The maximum atomic E-state index is 4.41. The summed E-state index contributed by atoms with van der Waals surface area (Å²) in [5.41, 5.74) is 14.6. The van der Waals surface area contributed by atoms with Gasteiger partial charge in [-0.1, -0.05) is 88.2 Å². The van der Waals surface area contributed by atoms with Crippen molar-refractivity contribution >= 4 is 55.2 Å². The molecule has 52 heavy (non-hydrogen) atoms. The first-order chi connectivity index (χ1) is 24.7. The molecular formula is C47H45IrN4. The quantitative estimate of drug-likeness (QED) is 0.156. The summed E-state index contributed by atoms with van der Waals surface area (Å²) in [6, 6.07) is 42.0. The summed E-state index contributed by atoms with van der Waals surface area (Å²) < 4.78 is 2.45. The Labute approximate surface area is 321 Å². The molecule has 1 aliphatic rings. The van der Waals surface area contributed by atoms with Crippen molar-refractivity contribution in [3.8, 4) is 11.3 Å². The van der Waals surface area contributed by atoms with Gasteiger partial charge < -0.3 is 19.2 Å². The molecule has 4 nitrogen and oxygen atoms in total. The SMILES string of the molecule is CC(C)Cc1cc2c3cc(N4[CH-]N(CC(C)C)c5ccccc54)[c-]cc3n3c4ccccc4c(c1)c23.Cc1c[c-]c(-c2cc(C)c(C)cn2)cc1.[Ir+3]. The molecule has 0 bridgehead atoms. The Morgan fingerprint density at radius 3 is 2.13 bits per heavy atom. The third-order valence-electron chi connectivity index (χ3n) is 10.1. The van der Waals surface area contributed by atoms with E-state index >= 15 is 0 Å². The number of hydrogen-bond donors (Lipinski definition) is 0. The molecule has 0 saturated heterocycles. The van der Waals surface area contributed by atoms with Crippen molar-refractivity contribution in [2.24, 2.45) is 11.8 Å². The molecule has 9 rings (SSSR count). The minimum absolute atomic E-state index is 0. The Bertz CT molecular complexity index is 2510. The van der Waals surface area contributed by atoms with Crippen molar-refractivity contribution < 1.29 is 20.1 Å². The van der Waals surface area contributed by atoms with Crippen LogP contribution < -0.4 is 9.80 Å². The van der Waals surface area contributed by atoms with Crippen LogP contribution in [0.1, 0.15) is 49.9 Å². The van der Waals surface area contributed by atoms with E-state index in [2.05, 4.69) is 177 Å². The molecule has 0 unspecified atom stereocenters. The second-order valence-electron chi connectivity index (χ2n) is 15.1. The minimum Gasteiger partial charge on any atom is -0.501 e. The summed E-state index contributed by atoms with van der Waals surface area (Å²) in [6.07, 6.45) is 3.00. The molecule has 0 aliphatic carbocycles.